The lowest BCUT2D eigenvalue weighted by molar-refractivity contribution is 0.104. The van der Waals surface area contributed by atoms with E-state index in [0.717, 1.165) is 0 Å². The Morgan fingerprint density at radius 1 is 1.75 bits per heavy atom. The Hall–Kier alpha value is -0.420. The van der Waals surface area contributed by atoms with Crippen LogP contribution < -0.4 is 0 Å². The maximum atomic E-state index is 11.0. The molecule has 1 atom stereocenters. The van der Waals surface area contributed by atoms with Crippen LogP contribution in [0.4, 0.5) is 4.79 Å². The number of hydrogen-bond acceptors (Lipinski definition) is 4. The predicted molar refractivity (Wildman–Crippen MR) is 49.3 cm³/mol. The number of carbonyl (C=O) groups is 1. The van der Waals surface area contributed by atoms with Crippen LogP contribution in [0.3, 0.4) is 0 Å². The minimum absolute atomic E-state index is 0.0774. The molecule has 0 heterocycles. The van der Waals surface area contributed by atoms with Gasteiger partial charge in [-0.05, 0) is 13.3 Å². The number of thiol groups is 1. The van der Waals surface area contributed by atoms with Gasteiger partial charge in [0, 0.05) is 20.2 Å². The van der Waals surface area contributed by atoms with Gasteiger partial charge < -0.3 is 14.7 Å². The van der Waals surface area contributed by atoms with Gasteiger partial charge in [0.25, 0.3) is 0 Å². The number of amides is 1. The lowest BCUT2D eigenvalue weighted by Gasteiger charge is -2.17. The molecule has 12 heavy (non-hydrogen) atoms. The second-order valence-electron chi connectivity index (χ2n) is 2.48. The molecule has 5 heteroatoms. The summed E-state index contributed by atoms with van der Waals surface area (Å²) < 4.78 is 4.78. The molecule has 0 rings (SSSR count). The van der Waals surface area contributed by atoms with E-state index in [-0.39, 0.29) is 6.61 Å². The smallest absolute Gasteiger partial charge is 0.410 e. The van der Waals surface area contributed by atoms with Crippen LogP contribution in [-0.4, -0.2) is 41.7 Å². The zero-order chi connectivity index (χ0) is 9.56. The summed E-state index contributed by atoms with van der Waals surface area (Å²) in [5.74, 6) is 0. The molecule has 0 saturated heterocycles. The number of hydrogen-bond donors (Lipinski definition) is 2. The molecular weight excluding hydrogens is 178 g/mol. The highest BCUT2D eigenvalue weighted by molar-refractivity contribution is 7.80. The molecule has 0 spiro atoms. The van der Waals surface area contributed by atoms with Gasteiger partial charge in [-0.15, -0.1) is 12.6 Å². The zero-order valence-electron chi connectivity index (χ0n) is 7.36. The standard InChI is InChI=1S/C7H15NO3S/c1-6(12)11-7(10)8(2)4-3-5-9/h6,9,12H,3-5H2,1-2H3. The number of ether oxygens (including phenoxy) is 1. The molecule has 1 N–H and O–H groups in total. The fraction of sp³-hybridized carbons (Fsp3) is 0.857. The Kier molecular flexibility index (Phi) is 5.92. The molecule has 72 valence electrons. The van der Waals surface area contributed by atoms with Crippen molar-refractivity contribution in [2.24, 2.45) is 0 Å². The van der Waals surface area contributed by atoms with Gasteiger partial charge >= 0.3 is 6.09 Å². The van der Waals surface area contributed by atoms with Gasteiger partial charge in [-0.3, -0.25) is 0 Å². The molecule has 4 nitrogen and oxygen atoms in total. The van der Waals surface area contributed by atoms with Crippen molar-refractivity contribution in [2.75, 3.05) is 20.2 Å². The Balaban J connectivity index is 3.61. The summed E-state index contributed by atoms with van der Waals surface area (Å²) in [6.45, 7) is 2.24. The molecule has 0 saturated carbocycles. The number of rotatable bonds is 4. The monoisotopic (exact) mass is 193 g/mol. The molecule has 0 aliphatic heterocycles. The Morgan fingerprint density at radius 3 is 2.75 bits per heavy atom. The van der Waals surface area contributed by atoms with Crippen LogP contribution in [0.2, 0.25) is 0 Å². The minimum Gasteiger partial charge on any atom is -0.436 e. The summed E-state index contributed by atoms with van der Waals surface area (Å²) in [4.78, 5) is 12.4. The number of nitrogens with zero attached hydrogens (tertiary/aromatic N) is 1. The van der Waals surface area contributed by atoms with Crippen LogP contribution >= 0.6 is 12.6 Å². The summed E-state index contributed by atoms with van der Waals surface area (Å²) in [7, 11) is 1.62. The third-order valence-electron chi connectivity index (χ3n) is 1.23. The van der Waals surface area contributed by atoms with Crippen LogP contribution in [0.5, 0.6) is 0 Å². The average Bonchev–Trinajstić information content (AvgIpc) is 1.98. The molecule has 0 aromatic carbocycles. The quantitative estimate of drug-likeness (QED) is 0.511. The second kappa shape index (κ2) is 6.14. The maximum absolute atomic E-state index is 11.0. The van der Waals surface area contributed by atoms with Crippen molar-refractivity contribution >= 4 is 18.7 Å². The van der Waals surface area contributed by atoms with E-state index in [1.807, 2.05) is 0 Å². The first-order valence-corrected chi connectivity index (χ1v) is 4.30. The van der Waals surface area contributed by atoms with Gasteiger partial charge in [-0.2, -0.15) is 0 Å². The molecule has 0 radical (unpaired) electrons. The summed E-state index contributed by atoms with van der Waals surface area (Å²) in [6, 6.07) is 0. The highest BCUT2D eigenvalue weighted by atomic mass is 32.1. The number of carbonyl (C=O) groups excluding carboxylic acids is 1. The number of aliphatic hydroxyl groups is 1. The Labute approximate surface area is 77.9 Å². The molecule has 0 fully saturated rings. The van der Waals surface area contributed by atoms with Gasteiger partial charge in [-0.25, -0.2) is 4.79 Å². The largest absolute Gasteiger partial charge is 0.436 e. The highest BCUT2D eigenvalue weighted by Crippen LogP contribution is 1.99. The van der Waals surface area contributed by atoms with Crippen molar-refractivity contribution in [1.29, 1.82) is 0 Å². The summed E-state index contributed by atoms with van der Waals surface area (Å²) in [5.41, 5.74) is -0.394. The first kappa shape index (κ1) is 11.6. The first-order valence-electron chi connectivity index (χ1n) is 3.78. The van der Waals surface area contributed by atoms with E-state index in [1.165, 1.54) is 4.90 Å². The van der Waals surface area contributed by atoms with E-state index in [0.29, 0.717) is 13.0 Å². The summed E-state index contributed by atoms with van der Waals surface area (Å²) in [5, 5.41) is 8.48. The third-order valence-corrected chi connectivity index (χ3v) is 1.34. The molecule has 0 aromatic heterocycles. The fourth-order valence-corrected chi connectivity index (χ4v) is 0.725. The lowest BCUT2D eigenvalue weighted by Crippen LogP contribution is -2.30. The second-order valence-corrected chi connectivity index (χ2v) is 3.21. The van der Waals surface area contributed by atoms with Crippen LogP contribution in [0.25, 0.3) is 0 Å². The Bertz CT molecular complexity index is 141. The maximum Gasteiger partial charge on any atom is 0.410 e. The first-order chi connectivity index (χ1) is 5.57. The predicted octanol–water partition coefficient (Wildman–Crippen LogP) is 0.713. The molecule has 0 aliphatic rings. The van der Waals surface area contributed by atoms with Crippen molar-refractivity contribution in [3.05, 3.63) is 0 Å². The topological polar surface area (TPSA) is 49.8 Å². The van der Waals surface area contributed by atoms with Crippen LogP contribution in [0, 0.1) is 0 Å². The lowest BCUT2D eigenvalue weighted by atomic mass is 10.4. The molecule has 0 aliphatic carbocycles. The van der Waals surface area contributed by atoms with Crippen LogP contribution in [0.15, 0.2) is 0 Å². The van der Waals surface area contributed by atoms with E-state index in [4.69, 9.17) is 9.84 Å². The normalized spacial score (nSPS) is 12.3. The van der Waals surface area contributed by atoms with Crippen LogP contribution in [-0.2, 0) is 4.74 Å². The van der Waals surface area contributed by atoms with Crippen molar-refractivity contribution in [1.82, 2.24) is 4.90 Å². The minimum atomic E-state index is -0.411. The van der Waals surface area contributed by atoms with Crippen molar-refractivity contribution in [2.45, 2.75) is 18.8 Å². The molecule has 1 unspecified atom stereocenters. The van der Waals surface area contributed by atoms with Gasteiger partial charge in [0.15, 0.2) is 0 Å². The van der Waals surface area contributed by atoms with Crippen molar-refractivity contribution in [3.63, 3.8) is 0 Å². The molecule has 0 aromatic rings. The van der Waals surface area contributed by atoms with E-state index >= 15 is 0 Å². The van der Waals surface area contributed by atoms with Gasteiger partial charge in [0.1, 0.15) is 5.44 Å². The SMILES string of the molecule is CC(S)OC(=O)N(C)CCCO. The molecular formula is C7H15NO3S. The Morgan fingerprint density at radius 2 is 2.33 bits per heavy atom. The van der Waals surface area contributed by atoms with E-state index in [2.05, 4.69) is 12.6 Å². The molecule has 0 bridgehead atoms. The summed E-state index contributed by atoms with van der Waals surface area (Å²) >= 11 is 3.90. The van der Waals surface area contributed by atoms with E-state index < -0.39 is 11.5 Å². The van der Waals surface area contributed by atoms with Crippen molar-refractivity contribution in [3.8, 4) is 0 Å². The number of aliphatic hydroxyl groups excluding tert-OH is 1. The van der Waals surface area contributed by atoms with E-state index in [9.17, 15) is 4.79 Å². The van der Waals surface area contributed by atoms with Crippen LogP contribution in [0.1, 0.15) is 13.3 Å². The average molecular weight is 193 g/mol. The summed E-state index contributed by atoms with van der Waals surface area (Å²) in [6.07, 6.45) is 0.151. The van der Waals surface area contributed by atoms with E-state index in [1.54, 1.807) is 14.0 Å². The highest BCUT2D eigenvalue weighted by Gasteiger charge is 2.10. The van der Waals surface area contributed by atoms with Gasteiger partial charge in [0.05, 0.1) is 0 Å². The fourth-order valence-electron chi connectivity index (χ4n) is 0.635. The van der Waals surface area contributed by atoms with Gasteiger partial charge in [-0.1, -0.05) is 0 Å². The zero-order valence-corrected chi connectivity index (χ0v) is 8.25. The molecule has 1 amide bonds. The third kappa shape index (κ3) is 5.26. The van der Waals surface area contributed by atoms with Gasteiger partial charge in [0.2, 0.25) is 0 Å². The van der Waals surface area contributed by atoms with Crippen molar-refractivity contribution < 1.29 is 14.6 Å².